The first-order valence-corrected chi connectivity index (χ1v) is 10.6. The number of benzene rings is 2. The van der Waals surface area contributed by atoms with Crippen molar-refractivity contribution < 1.29 is 14.0 Å². The molecule has 0 spiro atoms. The van der Waals surface area contributed by atoms with E-state index in [0.717, 1.165) is 5.56 Å². The molecule has 1 fully saturated rings. The molecule has 0 aliphatic carbocycles. The fourth-order valence-electron chi connectivity index (χ4n) is 3.83. The Bertz CT molecular complexity index is 993. The van der Waals surface area contributed by atoms with Gasteiger partial charge in [0.1, 0.15) is 5.82 Å². The molecule has 2 atom stereocenters. The van der Waals surface area contributed by atoms with Crippen LogP contribution >= 0.6 is 11.6 Å². The second-order valence-electron chi connectivity index (χ2n) is 8.28. The first-order chi connectivity index (χ1) is 14.7. The fourth-order valence-corrected chi connectivity index (χ4v) is 4.00. The van der Waals surface area contributed by atoms with Crippen LogP contribution in [0.1, 0.15) is 31.9 Å². The van der Waals surface area contributed by atoms with E-state index < -0.39 is 5.54 Å². The van der Waals surface area contributed by atoms with Crippen LogP contribution in [0.5, 0.6) is 0 Å². The molecule has 5 nitrogen and oxygen atoms in total. The van der Waals surface area contributed by atoms with E-state index in [-0.39, 0.29) is 23.7 Å². The zero-order valence-electron chi connectivity index (χ0n) is 17.9. The molecule has 0 radical (unpaired) electrons. The number of rotatable bonds is 5. The van der Waals surface area contributed by atoms with E-state index in [1.807, 2.05) is 18.7 Å². The highest BCUT2D eigenvalue weighted by molar-refractivity contribution is 6.31. The van der Waals surface area contributed by atoms with Gasteiger partial charge in [0.2, 0.25) is 11.8 Å². The number of hydrogen-bond acceptors (Lipinski definition) is 3. The van der Waals surface area contributed by atoms with Crippen LogP contribution < -0.4 is 10.6 Å². The minimum absolute atomic E-state index is 0.123. The number of hydrogen-bond donors (Lipinski definition) is 2. The first kappa shape index (κ1) is 23.0. The standard InChI is InChI=1S/C24H27ClFN3O2/c1-16-14-29(24(3,15-27-16)13-18-4-9-21(26)10-5-18)23(31)11-7-19-6-8-20(25)12-22(19)28-17(2)30/h4-12,16,27H,13-15H2,1-3H3,(H,28,30)/b11-7+/t16-,24+/m1/s1. The Morgan fingerprint density at radius 2 is 2.00 bits per heavy atom. The van der Waals surface area contributed by atoms with Crippen LogP contribution in [0.4, 0.5) is 10.1 Å². The average Bonchev–Trinajstić information content (AvgIpc) is 2.70. The van der Waals surface area contributed by atoms with Crippen molar-refractivity contribution in [3.05, 3.63) is 70.5 Å². The third kappa shape index (κ3) is 5.93. The topological polar surface area (TPSA) is 61.4 Å². The zero-order chi connectivity index (χ0) is 22.6. The Morgan fingerprint density at radius 1 is 1.29 bits per heavy atom. The summed E-state index contributed by atoms with van der Waals surface area (Å²) in [5.41, 5.74) is 1.74. The van der Waals surface area contributed by atoms with Crippen LogP contribution in [0.3, 0.4) is 0 Å². The van der Waals surface area contributed by atoms with Gasteiger partial charge in [-0.25, -0.2) is 4.39 Å². The number of nitrogens with one attached hydrogen (secondary N) is 2. The molecule has 1 aliphatic heterocycles. The minimum atomic E-state index is -0.466. The molecule has 0 saturated carbocycles. The number of halogens is 2. The van der Waals surface area contributed by atoms with Crippen LogP contribution in [0.15, 0.2) is 48.5 Å². The van der Waals surface area contributed by atoms with Gasteiger partial charge in [-0.15, -0.1) is 0 Å². The van der Waals surface area contributed by atoms with Gasteiger partial charge in [-0.1, -0.05) is 29.8 Å². The number of anilines is 1. The first-order valence-electron chi connectivity index (χ1n) is 10.2. The van der Waals surface area contributed by atoms with Crippen molar-refractivity contribution >= 4 is 35.2 Å². The maximum atomic E-state index is 13.3. The third-order valence-corrected chi connectivity index (χ3v) is 5.67. The molecule has 2 aromatic carbocycles. The van der Waals surface area contributed by atoms with Gasteiger partial charge in [0.05, 0.1) is 5.54 Å². The monoisotopic (exact) mass is 443 g/mol. The quantitative estimate of drug-likeness (QED) is 0.678. The third-order valence-electron chi connectivity index (χ3n) is 5.44. The molecule has 164 valence electrons. The molecule has 1 aliphatic rings. The maximum Gasteiger partial charge on any atom is 0.247 e. The van der Waals surface area contributed by atoms with E-state index in [9.17, 15) is 14.0 Å². The summed E-state index contributed by atoms with van der Waals surface area (Å²) in [4.78, 5) is 26.6. The molecule has 2 amide bonds. The summed E-state index contributed by atoms with van der Waals surface area (Å²) >= 11 is 6.04. The number of carbonyl (C=O) groups excluding carboxylic acids is 2. The zero-order valence-corrected chi connectivity index (χ0v) is 18.7. The van der Waals surface area contributed by atoms with Gasteiger partial charge in [-0.3, -0.25) is 9.59 Å². The fraction of sp³-hybridized carbons (Fsp3) is 0.333. The van der Waals surface area contributed by atoms with E-state index in [2.05, 4.69) is 10.6 Å². The van der Waals surface area contributed by atoms with Crippen molar-refractivity contribution in [2.75, 3.05) is 18.4 Å². The number of amides is 2. The summed E-state index contributed by atoms with van der Waals surface area (Å²) in [7, 11) is 0. The lowest BCUT2D eigenvalue weighted by molar-refractivity contribution is -0.133. The summed E-state index contributed by atoms with van der Waals surface area (Å²) in [6.45, 7) is 6.67. The van der Waals surface area contributed by atoms with Crippen molar-refractivity contribution in [1.29, 1.82) is 0 Å². The van der Waals surface area contributed by atoms with Crippen LogP contribution in [-0.4, -0.2) is 41.4 Å². The molecular formula is C24H27ClFN3O2. The molecule has 2 aromatic rings. The van der Waals surface area contributed by atoms with Gasteiger partial charge in [0.25, 0.3) is 0 Å². The highest BCUT2D eigenvalue weighted by Crippen LogP contribution is 2.26. The Balaban J connectivity index is 1.83. The van der Waals surface area contributed by atoms with Crippen molar-refractivity contribution in [2.45, 2.75) is 38.8 Å². The predicted molar refractivity (Wildman–Crippen MR) is 122 cm³/mol. The number of carbonyl (C=O) groups is 2. The van der Waals surface area contributed by atoms with E-state index in [4.69, 9.17) is 11.6 Å². The molecule has 31 heavy (non-hydrogen) atoms. The molecule has 0 bridgehead atoms. The highest BCUT2D eigenvalue weighted by Gasteiger charge is 2.38. The Morgan fingerprint density at radius 3 is 2.68 bits per heavy atom. The lowest BCUT2D eigenvalue weighted by Crippen LogP contribution is -2.65. The number of piperazine rings is 1. The van der Waals surface area contributed by atoms with E-state index in [1.54, 1.807) is 36.4 Å². The Labute approximate surface area is 187 Å². The SMILES string of the molecule is CC(=O)Nc1cc(Cl)ccc1/C=C/C(=O)N1C[C@@H](C)NC[C@]1(C)Cc1ccc(F)cc1. The van der Waals surface area contributed by atoms with Gasteiger partial charge < -0.3 is 15.5 Å². The lowest BCUT2D eigenvalue weighted by Gasteiger charge is -2.47. The van der Waals surface area contributed by atoms with Crippen LogP contribution in [0.2, 0.25) is 5.02 Å². The number of nitrogens with zero attached hydrogens (tertiary/aromatic N) is 1. The van der Waals surface area contributed by atoms with Crippen LogP contribution in [0.25, 0.3) is 6.08 Å². The molecule has 0 unspecified atom stereocenters. The van der Waals surface area contributed by atoms with E-state index in [0.29, 0.717) is 35.8 Å². The minimum Gasteiger partial charge on any atom is -0.331 e. The smallest absolute Gasteiger partial charge is 0.247 e. The van der Waals surface area contributed by atoms with E-state index >= 15 is 0 Å². The van der Waals surface area contributed by atoms with Gasteiger partial charge in [0, 0.05) is 42.8 Å². The normalized spacial score (nSPS) is 21.3. The Hall–Kier alpha value is -2.70. The summed E-state index contributed by atoms with van der Waals surface area (Å²) in [6.07, 6.45) is 3.81. The largest absolute Gasteiger partial charge is 0.331 e. The molecule has 0 aromatic heterocycles. The van der Waals surface area contributed by atoms with Crippen LogP contribution in [0, 0.1) is 5.82 Å². The van der Waals surface area contributed by atoms with E-state index in [1.165, 1.54) is 25.1 Å². The molecule has 2 N–H and O–H groups in total. The summed E-state index contributed by atoms with van der Waals surface area (Å²) < 4.78 is 13.3. The second kappa shape index (κ2) is 9.62. The molecule has 1 heterocycles. The summed E-state index contributed by atoms with van der Waals surface area (Å²) in [5.74, 6) is -0.620. The molecule has 7 heteroatoms. The maximum absolute atomic E-state index is 13.3. The highest BCUT2D eigenvalue weighted by atomic mass is 35.5. The van der Waals surface area contributed by atoms with Crippen molar-refractivity contribution in [2.24, 2.45) is 0 Å². The van der Waals surface area contributed by atoms with Gasteiger partial charge in [-0.05, 0) is 61.7 Å². The molecule has 1 saturated heterocycles. The van der Waals surface area contributed by atoms with Crippen molar-refractivity contribution in [1.82, 2.24) is 10.2 Å². The predicted octanol–water partition coefficient (Wildman–Crippen LogP) is 4.27. The lowest BCUT2D eigenvalue weighted by atomic mass is 9.87. The van der Waals surface area contributed by atoms with Crippen molar-refractivity contribution in [3.8, 4) is 0 Å². The second-order valence-corrected chi connectivity index (χ2v) is 8.71. The van der Waals surface area contributed by atoms with Crippen LogP contribution in [-0.2, 0) is 16.0 Å². The Kier molecular flexibility index (Phi) is 7.13. The van der Waals surface area contributed by atoms with Gasteiger partial charge >= 0.3 is 0 Å². The van der Waals surface area contributed by atoms with Gasteiger partial charge in [-0.2, -0.15) is 0 Å². The van der Waals surface area contributed by atoms with Crippen molar-refractivity contribution in [3.63, 3.8) is 0 Å². The summed E-state index contributed by atoms with van der Waals surface area (Å²) in [5, 5.41) is 6.68. The van der Waals surface area contributed by atoms with Gasteiger partial charge in [0.15, 0.2) is 0 Å². The molecular weight excluding hydrogens is 417 g/mol. The average molecular weight is 444 g/mol. The summed E-state index contributed by atoms with van der Waals surface area (Å²) in [6, 6.07) is 11.7. The molecule has 3 rings (SSSR count).